The summed E-state index contributed by atoms with van der Waals surface area (Å²) >= 11 is 0. The van der Waals surface area contributed by atoms with Crippen molar-refractivity contribution in [1.82, 2.24) is 4.90 Å². The van der Waals surface area contributed by atoms with Gasteiger partial charge in [0.05, 0.1) is 6.10 Å². The summed E-state index contributed by atoms with van der Waals surface area (Å²) in [6.45, 7) is 1.66. The Morgan fingerprint density at radius 3 is 2.38 bits per heavy atom. The van der Waals surface area contributed by atoms with Gasteiger partial charge in [-0.3, -0.25) is 0 Å². The van der Waals surface area contributed by atoms with Crippen LogP contribution in [-0.4, -0.2) is 30.1 Å². The molecule has 0 heterocycles. The molecule has 2 aromatic carbocycles. The lowest BCUT2D eigenvalue weighted by Gasteiger charge is -2.19. The van der Waals surface area contributed by atoms with Crippen LogP contribution in [0.15, 0.2) is 54.6 Å². The van der Waals surface area contributed by atoms with Crippen molar-refractivity contribution in [2.45, 2.75) is 18.9 Å². The highest BCUT2D eigenvalue weighted by molar-refractivity contribution is 5.19. The molecule has 0 aliphatic heterocycles. The minimum absolute atomic E-state index is 0.336. The molecule has 1 N–H and O–H groups in total. The Kier molecular flexibility index (Phi) is 5.90. The predicted octanol–water partition coefficient (Wildman–Crippen LogP) is 3.42. The van der Waals surface area contributed by atoms with Gasteiger partial charge in [0.2, 0.25) is 0 Å². The van der Waals surface area contributed by atoms with E-state index in [1.54, 1.807) is 18.2 Å². The zero-order valence-corrected chi connectivity index (χ0v) is 12.4. The molecule has 21 heavy (non-hydrogen) atoms. The van der Waals surface area contributed by atoms with Gasteiger partial charge in [0.1, 0.15) is 5.82 Å². The van der Waals surface area contributed by atoms with E-state index in [4.69, 9.17) is 0 Å². The number of hydrogen-bond donors (Lipinski definition) is 1. The molecule has 0 saturated carbocycles. The van der Waals surface area contributed by atoms with Gasteiger partial charge in [-0.05, 0) is 31.5 Å². The number of halogens is 1. The summed E-state index contributed by atoms with van der Waals surface area (Å²) in [4.78, 5) is 2.16. The average molecular weight is 287 g/mol. The van der Waals surface area contributed by atoms with E-state index in [0.29, 0.717) is 12.0 Å². The maximum atomic E-state index is 13.6. The van der Waals surface area contributed by atoms with Crippen molar-refractivity contribution in [3.8, 4) is 0 Å². The molecular weight excluding hydrogens is 265 g/mol. The van der Waals surface area contributed by atoms with E-state index >= 15 is 0 Å². The topological polar surface area (TPSA) is 23.5 Å². The molecule has 1 unspecified atom stereocenters. The Hall–Kier alpha value is -1.71. The van der Waals surface area contributed by atoms with Crippen molar-refractivity contribution >= 4 is 0 Å². The molecule has 0 aromatic heterocycles. The minimum Gasteiger partial charge on any atom is -0.388 e. The monoisotopic (exact) mass is 287 g/mol. The van der Waals surface area contributed by atoms with E-state index in [0.717, 1.165) is 19.5 Å². The van der Waals surface area contributed by atoms with Gasteiger partial charge in [0, 0.05) is 18.7 Å². The van der Waals surface area contributed by atoms with Gasteiger partial charge in [-0.2, -0.15) is 0 Å². The lowest BCUT2D eigenvalue weighted by molar-refractivity contribution is 0.145. The van der Waals surface area contributed by atoms with Gasteiger partial charge in [-0.1, -0.05) is 48.5 Å². The van der Waals surface area contributed by atoms with Gasteiger partial charge in [-0.25, -0.2) is 4.39 Å². The highest BCUT2D eigenvalue weighted by atomic mass is 19.1. The summed E-state index contributed by atoms with van der Waals surface area (Å²) in [5.41, 5.74) is 1.69. The van der Waals surface area contributed by atoms with Crippen LogP contribution in [0.1, 0.15) is 23.7 Å². The highest BCUT2D eigenvalue weighted by Gasteiger charge is 2.12. The highest BCUT2D eigenvalue weighted by Crippen LogP contribution is 2.19. The lowest BCUT2D eigenvalue weighted by Crippen LogP contribution is -2.24. The number of aliphatic hydroxyl groups is 1. The molecule has 112 valence electrons. The molecule has 2 rings (SSSR count). The van der Waals surface area contributed by atoms with Crippen molar-refractivity contribution < 1.29 is 9.50 Å². The second kappa shape index (κ2) is 7.91. The maximum absolute atomic E-state index is 13.6. The van der Waals surface area contributed by atoms with E-state index in [9.17, 15) is 9.50 Å². The maximum Gasteiger partial charge on any atom is 0.128 e. The zero-order chi connectivity index (χ0) is 15.1. The largest absolute Gasteiger partial charge is 0.388 e. The summed E-state index contributed by atoms with van der Waals surface area (Å²) in [6.07, 6.45) is 0.768. The second-order valence-electron chi connectivity index (χ2n) is 5.36. The number of aliphatic hydroxyl groups excluding tert-OH is 1. The van der Waals surface area contributed by atoms with E-state index < -0.39 is 6.10 Å². The first-order chi connectivity index (χ1) is 10.2. The fourth-order valence-corrected chi connectivity index (χ4v) is 2.32. The Bertz CT molecular complexity index is 544. The third-order valence-corrected chi connectivity index (χ3v) is 3.67. The van der Waals surface area contributed by atoms with Crippen LogP contribution < -0.4 is 0 Å². The first-order valence-electron chi connectivity index (χ1n) is 7.32. The van der Waals surface area contributed by atoms with Crippen molar-refractivity contribution in [2.24, 2.45) is 0 Å². The van der Waals surface area contributed by atoms with Gasteiger partial charge in [0.25, 0.3) is 0 Å². The van der Waals surface area contributed by atoms with E-state index in [2.05, 4.69) is 17.0 Å². The molecule has 2 aromatic rings. The van der Waals surface area contributed by atoms with Gasteiger partial charge >= 0.3 is 0 Å². The summed E-state index contributed by atoms with van der Waals surface area (Å²) in [5, 5.41) is 10.1. The molecule has 1 atom stereocenters. The number of hydrogen-bond acceptors (Lipinski definition) is 2. The summed E-state index contributed by atoms with van der Waals surface area (Å²) in [6, 6.07) is 16.7. The van der Waals surface area contributed by atoms with Crippen LogP contribution in [0.5, 0.6) is 0 Å². The first kappa shape index (κ1) is 15.7. The number of benzene rings is 2. The minimum atomic E-state index is -0.745. The molecule has 0 bridgehead atoms. The first-order valence-corrected chi connectivity index (χ1v) is 7.32. The van der Waals surface area contributed by atoms with Crippen LogP contribution in [0.4, 0.5) is 4.39 Å². The molecule has 3 heteroatoms. The van der Waals surface area contributed by atoms with Crippen LogP contribution in [-0.2, 0) is 6.42 Å². The van der Waals surface area contributed by atoms with E-state index in [1.165, 1.54) is 11.6 Å². The van der Waals surface area contributed by atoms with Crippen molar-refractivity contribution in [3.63, 3.8) is 0 Å². The fraction of sp³-hybridized carbons (Fsp3) is 0.333. The van der Waals surface area contributed by atoms with Crippen LogP contribution in [0.3, 0.4) is 0 Å². The van der Waals surface area contributed by atoms with Crippen molar-refractivity contribution in [1.29, 1.82) is 0 Å². The molecular formula is C18H22FNO. The van der Waals surface area contributed by atoms with Crippen molar-refractivity contribution in [3.05, 3.63) is 71.5 Å². The summed E-state index contributed by atoms with van der Waals surface area (Å²) in [5.74, 6) is -0.336. The van der Waals surface area contributed by atoms with E-state index in [-0.39, 0.29) is 5.82 Å². The Labute approximate surface area is 125 Å². The van der Waals surface area contributed by atoms with Crippen LogP contribution in [0, 0.1) is 5.82 Å². The van der Waals surface area contributed by atoms with Gasteiger partial charge in [-0.15, -0.1) is 0 Å². The number of likely N-dealkylation sites (N-methyl/N-ethyl adjacent to an activating group) is 1. The standard InChI is InChI=1S/C18H22FNO/c1-20(13-11-15-7-3-2-4-8-15)14-12-18(21)16-9-5-6-10-17(16)19/h2-10,18,21H,11-14H2,1H3. The molecule has 2 nitrogen and oxygen atoms in total. The van der Waals surface area contributed by atoms with Crippen LogP contribution >= 0.6 is 0 Å². The van der Waals surface area contributed by atoms with Crippen molar-refractivity contribution in [2.75, 3.05) is 20.1 Å². The van der Waals surface area contributed by atoms with E-state index in [1.807, 2.05) is 25.2 Å². The van der Waals surface area contributed by atoms with Gasteiger partial charge < -0.3 is 10.0 Å². The Balaban J connectivity index is 1.76. The molecule has 0 spiro atoms. The normalized spacial score (nSPS) is 12.6. The second-order valence-corrected chi connectivity index (χ2v) is 5.36. The smallest absolute Gasteiger partial charge is 0.128 e. The quantitative estimate of drug-likeness (QED) is 0.843. The third kappa shape index (κ3) is 4.96. The summed E-state index contributed by atoms with van der Waals surface area (Å²) < 4.78 is 13.6. The third-order valence-electron chi connectivity index (χ3n) is 3.67. The summed E-state index contributed by atoms with van der Waals surface area (Å²) in [7, 11) is 2.02. The predicted molar refractivity (Wildman–Crippen MR) is 83.6 cm³/mol. The molecule has 0 amide bonds. The molecule has 0 aliphatic rings. The molecule has 0 saturated heterocycles. The molecule has 0 fully saturated rings. The molecule has 0 aliphatic carbocycles. The Morgan fingerprint density at radius 1 is 1.00 bits per heavy atom. The zero-order valence-electron chi connectivity index (χ0n) is 12.4. The number of nitrogens with zero attached hydrogens (tertiary/aromatic N) is 1. The van der Waals surface area contributed by atoms with Crippen LogP contribution in [0.25, 0.3) is 0 Å². The Morgan fingerprint density at radius 2 is 1.67 bits per heavy atom. The average Bonchev–Trinajstić information content (AvgIpc) is 2.52. The molecule has 0 radical (unpaired) electrons. The lowest BCUT2D eigenvalue weighted by atomic mass is 10.1. The SMILES string of the molecule is CN(CCc1ccccc1)CCC(O)c1ccccc1F. The fourth-order valence-electron chi connectivity index (χ4n) is 2.32. The van der Waals surface area contributed by atoms with Crippen LogP contribution in [0.2, 0.25) is 0 Å². The number of rotatable bonds is 7. The van der Waals surface area contributed by atoms with Gasteiger partial charge in [0.15, 0.2) is 0 Å².